The van der Waals surface area contributed by atoms with E-state index in [1.807, 2.05) is 6.08 Å². The summed E-state index contributed by atoms with van der Waals surface area (Å²) in [5.41, 5.74) is 2.42. The number of pyridine rings is 1. The molecule has 1 heterocycles. The molecule has 1 aliphatic carbocycles. The van der Waals surface area contributed by atoms with Crippen molar-refractivity contribution in [3.8, 4) is 0 Å². The molecule has 0 radical (unpaired) electrons. The highest BCUT2D eigenvalue weighted by Crippen LogP contribution is 2.25. The number of fused-ring (bicyclic) bond motifs is 1. The number of anilines is 1. The second kappa shape index (κ2) is 6.61. The molecule has 102 valence electrons. The van der Waals surface area contributed by atoms with Gasteiger partial charge in [0.2, 0.25) is 0 Å². The quantitative estimate of drug-likeness (QED) is 0.593. The molecule has 4 nitrogen and oxygen atoms in total. The maximum absolute atomic E-state index is 11.3. The SMILES string of the molecule is C=CCSCCNc1nc2c(cc1C(=O)O)CCC2. The molecule has 2 N–H and O–H groups in total. The number of aryl methyl sites for hydroxylation is 2. The van der Waals surface area contributed by atoms with Gasteiger partial charge in [0, 0.05) is 23.7 Å². The van der Waals surface area contributed by atoms with E-state index in [1.165, 1.54) is 0 Å². The molecule has 1 aromatic heterocycles. The fraction of sp³-hybridized carbons (Fsp3) is 0.429. The zero-order chi connectivity index (χ0) is 13.7. The Hall–Kier alpha value is -1.49. The Kier molecular flexibility index (Phi) is 4.85. The van der Waals surface area contributed by atoms with Crippen LogP contribution in [0.3, 0.4) is 0 Å². The van der Waals surface area contributed by atoms with Gasteiger partial charge in [-0.1, -0.05) is 6.08 Å². The van der Waals surface area contributed by atoms with Gasteiger partial charge >= 0.3 is 5.97 Å². The van der Waals surface area contributed by atoms with Gasteiger partial charge in [0.25, 0.3) is 0 Å². The number of aromatic carboxylic acids is 1. The summed E-state index contributed by atoms with van der Waals surface area (Å²) in [6.07, 6.45) is 4.83. The van der Waals surface area contributed by atoms with Crippen LogP contribution in [-0.2, 0) is 12.8 Å². The van der Waals surface area contributed by atoms with Gasteiger partial charge in [-0.25, -0.2) is 9.78 Å². The summed E-state index contributed by atoms with van der Waals surface area (Å²) in [5, 5.41) is 12.4. The number of carboxylic acid groups (broad SMARTS) is 1. The molecule has 0 aliphatic heterocycles. The van der Waals surface area contributed by atoms with E-state index in [2.05, 4.69) is 16.9 Å². The van der Waals surface area contributed by atoms with E-state index in [1.54, 1.807) is 17.8 Å². The summed E-state index contributed by atoms with van der Waals surface area (Å²) in [6, 6.07) is 1.77. The van der Waals surface area contributed by atoms with Crippen molar-refractivity contribution in [2.24, 2.45) is 0 Å². The average molecular weight is 278 g/mol. The van der Waals surface area contributed by atoms with E-state index < -0.39 is 5.97 Å². The molecular formula is C14H18N2O2S. The first kappa shape index (κ1) is 13.9. The smallest absolute Gasteiger partial charge is 0.339 e. The minimum absolute atomic E-state index is 0.286. The minimum Gasteiger partial charge on any atom is -0.478 e. The van der Waals surface area contributed by atoms with Crippen molar-refractivity contribution in [2.45, 2.75) is 19.3 Å². The first-order valence-electron chi connectivity index (χ1n) is 6.41. The molecule has 1 aliphatic rings. The zero-order valence-corrected chi connectivity index (χ0v) is 11.6. The number of carboxylic acids is 1. The minimum atomic E-state index is -0.913. The third-order valence-corrected chi connectivity index (χ3v) is 4.02. The maximum Gasteiger partial charge on any atom is 0.339 e. The highest BCUT2D eigenvalue weighted by molar-refractivity contribution is 7.99. The van der Waals surface area contributed by atoms with Gasteiger partial charge in [-0.15, -0.1) is 6.58 Å². The normalized spacial score (nSPS) is 13.1. The number of hydrogen-bond donors (Lipinski definition) is 2. The fourth-order valence-electron chi connectivity index (χ4n) is 2.18. The van der Waals surface area contributed by atoms with Crippen LogP contribution in [-0.4, -0.2) is 34.1 Å². The second-order valence-electron chi connectivity index (χ2n) is 4.44. The number of thioether (sulfide) groups is 1. The number of hydrogen-bond acceptors (Lipinski definition) is 4. The Morgan fingerprint density at radius 1 is 1.58 bits per heavy atom. The van der Waals surface area contributed by atoms with Crippen molar-refractivity contribution in [2.75, 3.05) is 23.4 Å². The Bertz CT molecular complexity index is 489. The van der Waals surface area contributed by atoms with Gasteiger partial charge in [-0.2, -0.15) is 11.8 Å². The van der Waals surface area contributed by atoms with Gasteiger partial charge < -0.3 is 10.4 Å². The third-order valence-electron chi connectivity index (χ3n) is 3.06. The van der Waals surface area contributed by atoms with Crippen LogP contribution in [0.1, 0.15) is 28.0 Å². The molecule has 0 unspecified atom stereocenters. The number of nitrogens with one attached hydrogen (secondary N) is 1. The lowest BCUT2D eigenvalue weighted by atomic mass is 10.1. The average Bonchev–Trinajstić information content (AvgIpc) is 2.84. The van der Waals surface area contributed by atoms with Crippen LogP contribution in [0, 0.1) is 0 Å². The van der Waals surface area contributed by atoms with Crippen molar-refractivity contribution in [1.82, 2.24) is 4.98 Å². The predicted octanol–water partition coefficient (Wildman–Crippen LogP) is 2.60. The third kappa shape index (κ3) is 3.50. The Morgan fingerprint density at radius 3 is 3.16 bits per heavy atom. The van der Waals surface area contributed by atoms with E-state index in [9.17, 15) is 9.90 Å². The van der Waals surface area contributed by atoms with Crippen molar-refractivity contribution >= 4 is 23.5 Å². The zero-order valence-electron chi connectivity index (χ0n) is 10.8. The summed E-state index contributed by atoms with van der Waals surface area (Å²) >= 11 is 1.76. The summed E-state index contributed by atoms with van der Waals surface area (Å²) in [6.45, 7) is 4.37. The van der Waals surface area contributed by atoms with E-state index in [4.69, 9.17) is 0 Å². The van der Waals surface area contributed by atoms with Crippen LogP contribution in [0.25, 0.3) is 0 Å². The van der Waals surface area contributed by atoms with Gasteiger partial charge in [0.1, 0.15) is 11.4 Å². The molecule has 0 spiro atoms. The highest BCUT2D eigenvalue weighted by Gasteiger charge is 2.19. The number of carbonyl (C=O) groups is 1. The monoisotopic (exact) mass is 278 g/mol. The van der Waals surface area contributed by atoms with Gasteiger partial charge in [0.05, 0.1) is 0 Å². The standard InChI is InChI=1S/C14H18N2O2S/c1-2-7-19-8-6-15-13-11(14(17)18)9-10-4-3-5-12(10)16-13/h2,9H,1,3-8H2,(H,15,16)(H,17,18). The molecule has 1 aromatic rings. The van der Waals surface area contributed by atoms with Crippen LogP contribution in [0.5, 0.6) is 0 Å². The first-order valence-corrected chi connectivity index (χ1v) is 7.56. The predicted molar refractivity (Wildman–Crippen MR) is 79.2 cm³/mol. The first-order chi connectivity index (χ1) is 9.22. The molecule has 19 heavy (non-hydrogen) atoms. The maximum atomic E-state index is 11.3. The number of rotatable bonds is 7. The van der Waals surface area contributed by atoms with E-state index >= 15 is 0 Å². The molecule has 0 saturated heterocycles. The molecule has 0 atom stereocenters. The van der Waals surface area contributed by atoms with E-state index in [0.717, 1.165) is 42.0 Å². The lowest BCUT2D eigenvalue weighted by molar-refractivity contribution is 0.0697. The highest BCUT2D eigenvalue weighted by atomic mass is 32.2. The largest absolute Gasteiger partial charge is 0.478 e. The van der Waals surface area contributed by atoms with Gasteiger partial charge in [0.15, 0.2) is 0 Å². The van der Waals surface area contributed by atoms with Crippen LogP contribution >= 0.6 is 11.8 Å². The Balaban J connectivity index is 2.05. The van der Waals surface area contributed by atoms with Gasteiger partial charge in [-0.05, 0) is 30.9 Å². The van der Waals surface area contributed by atoms with Crippen LogP contribution in [0.4, 0.5) is 5.82 Å². The molecule has 5 heteroatoms. The lowest BCUT2D eigenvalue weighted by Crippen LogP contribution is -2.12. The van der Waals surface area contributed by atoms with Crippen molar-refractivity contribution < 1.29 is 9.90 Å². The van der Waals surface area contributed by atoms with Crippen LogP contribution in [0.15, 0.2) is 18.7 Å². The summed E-state index contributed by atoms with van der Waals surface area (Å²) in [7, 11) is 0. The molecule has 0 saturated carbocycles. The fourth-order valence-corrected chi connectivity index (χ4v) is 2.76. The number of aromatic nitrogens is 1. The van der Waals surface area contributed by atoms with Gasteiger partial charge in [-0.3, -0.25) is 0 Å². The molecule has 2 rings (SSSR count). The van der Waals surface area contributed by atoms with Crippen molar-refractivity contribution in [1.29, 1.82) is 0 Å². The Morgan fingerprint density at radius 2 is 2.42 bits per heavy atom. The van der Waals surface area contributed by atoms with Crippen LogP contribution in [0.2, 0.25) is 0 Å². The summed E-state index contributed by atoms with van der Waals surface area (Å²) in [4.78, 5) is 15.7. The molecule has 0 amide bonds. The topological polar surface area (TPSA) is 62.2 Å². The van der Waals surface area contributed by atoms with Crippen molar-refractivity contribution in [3.05, 3.63) is 35.5 Å². The lowest BCUT2D eigenvalue weighted by Gasteiger charge is -2.10. The second-order valence-corrected chi connectivity index (χ2v) is 5.59. The van der Waals surface area contributed by atoms with E-state index in [-0.39, 0.29) is 5.56 Å². The van der Waals surface area contributed by atoms with E-state index in [0.29, 0.717) is 12.4 Å². The molecule has 0 fully saturated rings. The molecular weight excluding hydrogens is 260 g/mol. The Labute approximate surface area is 117 Å². The molecule has 0 aromatic carbocycles. The number of nitrogens with zero attached hydrogens (tertiary/aromatic N) is 1. The summed E-state index contributed by atoms with van der Waals surface area (Å²) < 4.78 is 0. The molecule has 0 bridgehead atoms. The summed E-state index contributed by atoms with van der Waals surface area (Å²) in [5.74, 6) is 1.41. The van der Waals surface area contributed by atoms with Crippen LogP contribution < -0.4 is 5.32 Å². The van der Waals surface area contributed by atoms with Crippen molar-refractivity contribution in [3.63, 3.8) is 0 Å².